The summed E-state index contributed by atoms with van der Waals surface area (Å²) in [4.78, 5) is 4.62. The highest BCUT2D eigenvalue weighted by Crippen LogP contribution is 2.31. The van der Waals surface area contributed by atoms with Crippen molar-refractivity contribution in [3.63, 3.8) is 0 Å². The van der Waals surface area contributed by atoms with Crippen LogP contribution in [0.15, 0.2) is 48.5 Å². The quantitative estimate of drug-likeness (QED) is 0.687. The first-order chi connectivity index (χ1) is 9.76. The van der Waals surface area contributed by atoms with Gasteiger partial charge in [-0.05, 0) is 30.2 Å². The molecule has 3 aromatic rings. The molecule has 20 heavy (non-hydrogen) atoms. The zero-order valence-corrected chi connectivity index (χ0v) is 12.7. The van der Waals surface area contributed by atoms with Gasteiger partial charge >= 0.3 is 0 Å². The van der Waals surface area contributed by atoms with Crippen molar-refractivity contribution in [3.8, 4) is 0 Å². The van der Waals surface area contributed by atoms with Gasteiger partial charge in [0.05, 0.1) is 16.3 Å². The molecule has 1 unspecified atom stereocenters. The smallest absolute Gasteiger partial charge is 0.184 e. The fourth-order valence-corrected chi connectivity index (χ4v) is 3.41. The first-order valence-corrected chi connectivity index (χ1v) is 7.83. The first-order valence-electron chi connectivity index (χ1n) is 6.64. The molecule has 0 saturated heterocycles. The normalized spacial score (nSPS) is 12.5. The van der Waals surface area contributed by atoms with Crippen molar-refractivity contribution in [3.05, 3.63) is 59.1 Å². The third-order valence-corrected chi connectivity index (χ3v) is 4.44. The predicted molar refractivity (Wildman–Crippen MR) is 87.7 cm³/mol. The summed E-state index contributed by atoms with van der Waals surface area (Å²) < 4.78 is 1.11. The molecular weight excluding hydrogens is 288 g/mol. The van der Waals surface area contributed by atoms with Crippen molar-refractivity contribution in [2.75, 3.05) is 5.32 Å². The topological polar surface area (TPSA) is 24.9 Å². The van der Waals surface area contributed by atoms with Crippen LogP contribution >= 0.6 is 22.9 Å². The number of halogens is 1. The lowest BCUT2D eigenvalue weighted by Gasteiger charge is -2.16. The van der Waals surface area contributed by atoms with Crippen molar-refractivity contribution in [1.82, 2.24) is 4.98 Å². The van der Waals surface area contributed by atoms with E-state index in [1.54, 1.807) is 11.3 Å². The average Bonchev–Trinajstić information content (AvgIpc) is 2.87. The van der Waals surface area contributed by atoms with Crippen LogP contribution < -0.4 is 5.32 Å². The van der Waals surface area contributed by atoms with E-state index < -0.39 is 0 Å². The first kappa shape index (κ1) is 13.4. The van der Waals surface area contributed by atoms with Crippen LogP contribution in [-0.2, 0) is 0 Å². The lowest BCUT2D eigenvalue weighted by Crippen LogP contribution is -2.09. The number of thiazole rings is 1. The Labute approximate surface area is 127 Å². The van der Waals surface area contributed by atoms with Gasteiger partial charge < -0.3 is 5.32 Å². The molecule has 0 radical (unpaired) electrons. The Morgan fingerprint density at radius 3 is 2.75 bits per heavy atom. The van der Waals surface area contributed by atoms with Gasteiger partial charge in [0, 0.05) is 5.02 Å². The van der Waals surface area contributed by atoms with Gasteiger partial charge in [0.25, 0.3) is 0 Å². The second-order valence-electron chi connectivity index (χ2n) is 4.65. The number of hydrogen-bond acceptors (Lipinski definition) is 3. The van der Waals surface area contributed by atoms with E-state index in [9.17, 15) is 0 Å². The van der Waals surface area contributed by atoms with E-state index in [2.05, 4.69) is 41.5 Å². The highest BCUT2D eigenvalue weighted by atomic mass is 35.5. The highest BCUT2D eigenvalue weighted by molar-refractivity contribution is 7.22. The number of nitrogens with one attached hydrogen (secondary N) is 1. The zero-order chi connectivity index (χ0) is 13.9. The molecule has 0 aliphatic heterocycles. The largest absolute Gasteiger partial charge is 0.355 e. The molecule has 0 saturated carbocycles. The van der Waals surface area contributed by atoms with Crippen molar-refractivity contribution < 1.29 is 0 Å². The SMILES string of the molecule is CCC(Nc1nc2ccc(Cl)cc2s1)c1ccccc1. The van der Waals surface area contributed by atoms with E-state index in [4.69, 9.17) is 11.6 Å². The van der Waals surface area contributed by atoms with E-state index in [1.165, 1.54) is 5.56 Å². The monoisotopic (exact) mass is 302 g/mol. The van der Waals surface area contributed by atoms with Crippen molar-refractivity contribution in [2.24, 2.45) is 0 Å². The summed E-state index contributed by atoms with van der Waals surface area (Å²) in [6, 6.07) is 16.5. The summed E-state index contributed by atoms with van der Waals surface area (Å²) in [5, 5.41) is 5.21. The predicted octanol–water partition coefficient (Wildman–Crippen LogP) is 5.51. The Bertz CT molecular complexity index is 709. The van der Waals surface area contributed by atoms with Gasteiger partial charge in [0.2, 0.25) is 0 Å². The van der Waals surface area contributed by atoms with Gasteiger partial charge in [-0.15, -0.1) is 0 Å². The molecule has 0 bridgehead atoms. The van der Waals surface area contributed by atoms with Gasteiger partial charge in [0.1, 0.15) is 0 Å². The van der Waals surface area contributed by atoms with Crippen LogP contribution in [0.4, 0.5) is 5.13 Å². The number of anilines is 1. The summed E-state index contributed by atoms with van der Waals surface area (Å²) in [6.07, 6.45) is 1.01. The number of nitrogens with zero attached hydrogens (tertiary/aromatic N) is 1. The van der Waals surface area contributed by atoms with E-state index in [-0.39, 0.29) is 6.04 Å². The Kier molecular flexibility index (Phi) is 3.90. The third kappa shape index (κ3) is 2.79. The second kappa shape index (κ2) is 5.81. The maximum atomic E-state index is 6.02. The van der Waals surface area contributed by atoms with Crippen LogP contribution in [0.3, 0.4) is 0 Å². The zero-order valence-electron chi connectivity index (χ0n) is 11.1. The molecule has 0 amide bonds. The summed E-state index contributed by atoms with van der Waals surface area (Å²) in [5.41, 5.74) is 2.28. The average molecular weight is 303 g/mol. The summed E-state index contributed by atoms with van der Waals surface area (Å²) in [7, 11) is 0. The minimum Gasteiger partial charge on any atom is -0.355 e. The van der Waals surface area contributed by atoms with Crippen LogP contribution in [0.5, 0.6) is 0 Å². The van der Waals surface area contributed by atoms with Crippen molar-refractivity contribution in [1.29, 1.82) is 0 Å². The maximum absolute atomic E-state index is 6.02. The molecule has 102 valence electrons. The van der Waals surface area contributed by atoms with Gasteiger partial charge in [-0.3, -0.25) is 0 Å². The van der Waals surface area contributed by atoms with E-state index in [0.29, 0.717) is 0 Å². The minimum atomic E-state index is 0.284. The Morgan fingerprint density at radius 1 is 1.20 bits per heavy atom. The van der Waals surface area contributed by atoms with E-state index in [1.807, 2.05) is 24.3 Å². The molecule has 0 aliphatic rings. The molecule has 2 nitrogen and oxygen atoms in total. The van der Waals surface area contributed by atoms with Crippen LogP contribution in [-0.4, -0.2) is 4.98 Å². The minimum absolute atomic E-state index is 0.284. The number of fused-ring (bicyclic) bond motifs is 1. The lowest BCUT2D eigenvalue weighted by molar-refractivity contribution is 0.748. The fourth-order valence-electron chi connectivity index (χ4n) is 2.22. The highest BCUT2D eigenvalue weighted by Gasteiger charge is 2.11. The summed E-state index contributed by atoms with van der Waals surface area (Å²) in [6.45, 7) is 2.18. The number of hydrogen-bond donors (Lipinski definition) is 1. The van der Waals surface area contributed by atoms with E-state index >= 15 is 0 Å². The molecule has 4 heteroatoms. The molecule has 0 spiro atoms. The van der Waals surface area contributed by atoms with Crippen LogP contribution in [0, 0.1) is 0 Å². The maximum Gasteiger partial charge on any atom is 0.184 e. The second-order valence-corrected chi connectivity index (χ2v) is 6.11. The molecule has 0 fully saturated rings. The van der Waals surface area contributed by atoms with Gasteiger partial charge in [-0.25, -0.2) is 4.98 Å². The molecular formula is C16H15ClN2S. The van der Waals surface area contributed by atoms with Crippen LogP contribution in [0.2, 0.25) is 5.02 Å². The molecule has 2 aromatic carbocycles. The van der Waals surface area contributed by atoms with Gasteiger partial charge in [0.15, 0.2) is 5.13 Å². The molecule has 1 aromatic heterocycles. The summed E-state index contributed by atoms with van der Waals surface area (Å²) >= 11 is 7.66. The lowest BCUT2D eigenvalue weighted by atomic mass is 10.1. The number of rotatable bonds is 4. The Balaban J connectivity index is 1.87. The number of aromatic nitrogens is 1. The van der Waals surface area contributed by atoms with Gasteiger partial charge in [-0.2, -0.15) is 0 Å². The molecule has 1 heterocycles. The standard InChI is InChI=1S/C16H15ClN2S/c1-2-13(11-6-4-3-5-7-11)18-16-19-14-9-8-12(17)10-15(14)20-16/h3-10,13H,2H2,1H3,(H,18,19). The molecule has 1 atom stereocenters. The molecule has 3 rings (SSSR count). The van der Waals surface area contributed by atoms with Crippen molar-refractivity contribution in [2.45, 2.75) is 19.4 Å². The van der Waals surface area contributed by atoms with E-state index in [0.717, 1.165) is 26.8 Å². The fraction of sp³-hybridized carbons (Fsp3) is 0.188. The Hall–Kier alpha value is -1.58. The summed E-state index contributed by atoms with van der Waals surface area (Å²) in [5.74, 6) is 0. The number of benzene rings is 2. The van der Waals surface area contributed by atoms with Crippen LogP contribution in [0.1, 0.15) is 24.9 Å². The van der Waals surface area contributed by atoms with Gasteiger partial charge in [-0.1, -0.05) is 60.2 Å². The molecule has 1 N–H and O–H groups in total. The molecule has 0 aliphatic carbocycles. The third-order valence-electron chi connectivity index (χ3n) is 3.26. The Morgan fingerprint density at radius 2 is 2.00 bits per heavy atom. The van der Waals surface area contributed by atoms with Crippen LogP contribution in [0.25, 0.3) is 10.2 Å². The van der Waals surface area contributed by atoms with Crippen molar-refractivity contribution >= 4 is 38.3 Å².